The summed E-state index contributed by atoms with van der Waals surface area (Å²) in [5, 5.41) is 5.46. The molecule has 0 aliphatic rings. The Morgan fingerprint density at radius 2 is 1.48 bits per heavy atom. The van der Waals surface area contributed by atoms with Crippen molar-refractivity contribution in [1.29, 1.82) is 0 Å². The Hall–Kier alpha value is -2.54. The monoisotopic (exact) mass is 297 g/mol. The summed E-state index contributed by atoms with van der Waals surface area (Å²) in [4.78, 5) is 0. The minimum Gasteiger partial charge on any atom is -0.308 e. The summed E-state index contributed by atoms with van der Waals surface area (Å²) in [7, 11) is 0. The van der Waals surface area contributed by atoms with E-state index >= 15 is 0 Å². The van der Waals surface area contributed by atoms with E-state index in [1.54, 1.807) is 0 Å². The van der Waals surface area contributed by atoms with Crippen LogP contribution in [0.3, 0.4) is 0 Å². The molecule has 0 radical (unpaired) electrons. The van der Waals surface area contributed by atoms with Crippen molar-refractivity contribution in [1.82, 2.24) is 4.40 Å². The van der Waals surface area contributed by atoms with Crippen LogP contribution < -0.4 is 0 Å². The molecule has 0 saturated carbocycles. The molecule has 0 N–H and O–H groups in total. The summed E-state index contributed by atoms with van der Waals surface area (Å²) in [5.74, 6) is 0. The van der Waals surface area contributed by atoms with Crippen LogP contribution >= 0.6 is 0 Å². The van der Waals surface area contributed by atoms with Crippen LogP contribution in [-0.2, 0) is 6.42 Å². The molecule has 1 nitrogen and oxygen atoms in total. The zero-order chi connectivity index (χ0) is 15.4. The average molecular weight is 297 g/mol. The minimum absolute atomic E-state index is 1.17. The van der Waals surface area contributed by atoms with Gasteiger partial charge in [0, 0.05) is 21.5 Å². The summed E-state index contributed by atoms with van der Waals surface area (Å²) in [6, 6.07) is 22.5. The molecule has 2 heterocycles. The molecule has 0 aliphatic heterocycles. The Balaban J connectivity index is 1.98. The highest BCUT2D eigenvalue weighted by molar-refractivity contribution is 6.23. The lowest BCUT2D eigenvalue weighted by atomic mass is 10.0. The predicted octanol–water partition coefficient (Wildman–Crippen LogP) is 6.18. The molecule has 3 aromatic carbocycles. The molecule has 2 aromatic heterocycles. The molecule has 0 amide bonds. The smallest absolute Gasteiger partial charge is 0.0620 e. The van der Waals surface area contributed by atoms with E-state index < -0.39 is 0 Å². The van der Waals surface area contributed by atoms with Crippen LogP contribution in [-0.4, -0.2) is 4.40 Å². The first-order valence-electron chi connectivity index (χ1n) is 8.54. The van der Waals surface area contributed by atoms with Crippen LogP contribution in [0.4, 0.5) is 0 Å². The van der Waals surface area contributed by atoms with Gasteiger partial charge < -0.3 is 4.40 Å². The molecular weight excluding hydrogens is 278 g/mol. The van der Waals surface area contributed by atoms with Crippen LogP contribution in [0.2, 0.25) is 0 Å². The third kappa shape index (κ3) is 1.68. The molecule has 23 heavy (non-hydrogen) atoms. The fraction of sp³-hybridized carbons (Fsp3) is 0.182. The maximum atomic E-state index is 2.46. The second-order valence-corrected chi connectivity index (χ2v) is 6.51. The summed E-state index contributed by atoms with van der Waals surface area (Å²) >= 11 is 0. The van der Waals surface area contributed by atoms with E-state index in [0.29, 0.717) is 0 Å². The van der Waals surface area contributed by atoms with E-state index in [4.69, 9.17) is 0 Å². The molecule has 0 unspecified atom stereocenters. The van der Waals surface area contributed by atoms with Crippen molar-refractivity contribution in [3.63, 3.8) is 0 Å². The molecule has 112 valence electrons. The maximum Gasteiger partial charge on any atom is 0.0620 e. The molecule has 0 saturated heterocycles. The summed E-state index contributed by atoms with van der Waals surface area (Å²) in [6.07, 6.45) is 3.67. The van der Waals surface area contributed by atoms with Gasteiger partial charge in [-0.05, 0) is 30.5 Å². The van der Waals surface area contributed by atoms with Crippen molar-refractivity contribution >= 4 is 38.1 Å². The number of benzene rings is 3. The van der Waals surface area contributed by atoms with Crippen molar-refractivity contribution in [3.8, 4) is 0 Å². The van der Waals surface area contributed by atoms with Gasteiger partial charge >= 0.3 is 0 Å². The Labute approximate surface area is 135 Å². The van der Waals surface area contributed by atoms with E-state index in [9.17, 15) is 0 Å². The van der Waals surface area contributed by atoms with Crippen LogP contribution in [0.25, 0.3) is 38.1 Å². The van der Waals surface area contributed by atoms with Gasteiger partial charge in [-0.25, -0.2) is 0 Å². The molecule has 0 fully saturated rings. The van der Waals surface area contributed by atoms with E-state index in [1.165, 1.54) is 62.9 Å². The van der Waals surface area contributed by atoms with E-state index in [2.05, 4.69) is 72.0 Å². The lowest BCUT2D eigenvalue weighted by Gasteiger charge is -2.02. The molecule has 0 aliphatic carbocycles. The first kappa shape index (κ1) is 13.0. The number of unbranched alkanes of at least 4 members (excludes halogenated alkanes) is 1. The van der Waals surface area contributed by atoms with Gasteiger partial charge in [0.15, 0.2) is 0 Å². The fourth-order valence-corrected chi connectivity index (χ4v) is 4.01. The van der Waals surface area contributed by atoms with Gasteiger partial charge in [0.1, 0.15) is 0 Å². The Morgan fingerprint density at radius 3 is 2.30 bits per heavy atom. The molecule has 0 spiro atoms. The van der Waals surface area contributed by atoms with Crippen molar-refractivity contribution in [2.45, 2.75) is 26.2 Å². The highest BCUT2D eigenvalue weighted by Gasteiger charge is 2.16. The topological polar surface area (TPSA) is 4.41 Å². The maximum absolute atomic E-state index is 2.46. The lowest BCUT2D eigenvalue weighted by molar-refractivity contribution is 0.796. The molecule has 5 aromatic rings. The van der Waals surface area contributed by atoms with Gasteiger partial charge in [-0.3, -0.25) is 0 Å². The van der Waals surface area contributed by atoms with Gasteiger partial charge in [-0.2, -0.15) is 0 Å². The molecule has 0 bridgehead atoms. The van der Waals surface area contributed by atoms with Crippen LogP contribution in [0.1, 0.15) is 25.3 Å². The zero-order valence-electron chi connectivity index (χ0n) is 13.3. The van der Waals surface area contributed by atoms with Crippen molar-refractivity contribution in [2.75, 3.05) is 0 Å². The summed E-state index contributed by atoms with van der Waals surface area (Å²) < 4.78 is 2.46. The lowest BCUT2D eigenvalue weighted by Crippen LogP contribution is -1.86. The number of hydrogen-bond acceptors (Lipinski definition) is 0. The van der Waals surface area contributed by atoms with Crippen LogP contribution in [0.15, 0.2) is 60.7 Å². The number of aryl methyl sites for hydroxylation is 1. The Kier molecular flexibility index (Phi) is 2.66. The quantitative estimate of drug-likeness (QED) is 0.374. The number of aromatic nitrogens is 1. The van der Waals surface area contributed by atoms with Gasteiger partial charge in [-0.1, -0.05) is 61.9 Å². The number of para-hydroxylation sites is 2. The normalized spacial score (nSPS) is 12.2. The number of nitrogens with zero attached hydrogens (tertiary/aromatic N) is 1. The second-order valence-electron chi connectivity index (χ2n) is 6.51. The Bertz CT molecular complexity index is 1150. The minimum atomic E-state index is 1.17. The third-order valence-corrected chi connectivity index (χ3v) is 5.11. The zero-order valence-corrected chi connectivity index (χ0v) is 13.3. The van der Waals surface area contributed by atoms with Gasteiger partial charge in [0.2, 0.25) is 0 Å². The predicted molar refractivity (Wildman–Crippen MR) is 99.7 cm³/mol. The molecular formula is C22H19N. The van der Waals surface area contributed by atoms with Crippen LogP contribution in [0, 0.1) is 0 Å². The molecule has 5 rings (SSSR count). The van der Waals surface area contributed by atoms with Gasteiger partial charge in [0.05, 0.1) is 16.6 Å². The molecule has 1 heteroatoms. The van der Waals surface area contributed by atoms with E-state index in [0.717, 1.165) is 0 Å². The van der Waals surface area contributed by atoms with E-state index in [-0.39, 0.29) is 0 Å². The molecule has 0 atom stereocenters. The van der Waals surface area contributed by atoms with Crippen LogP contribution in [0.5, 0.6) is 0 Å². The highest BCUT2D eigenvalue weighted by atomic mass is 14.9. The number of fused-ring (bicyclic) bond motifs is 6. The number of hydrogen-bond donors (Lipinski definition) is 0. The van der Waals surface area contributed by atoms with Gasteiger partial charge in [-0.15, -0.1) is 0 Å². The standard InChI is InChI=1S/C22H19N/c1-2-3-7-15-12-13-17-19-10-6-9-18-16-8-4-5-11-20(16)23(22(18)19)21(17)14-15/h4-6,8-14H,2-3,7H2,1H3. The first-order chi connectivity index (χ1) is 11.4. The highest BCUT2D eigenvalue weighted by Crippen LogP contribution is 2.38. The largest absolute Gasteiger partial charge is 0.308 e. The van der Waals surface area contributed by atoms with Crippen molar-refractivity contribution < 1.29 is 0 Å². The SMILES string of the molecule is CCCCc1ccc2c3cccc4c5ccccc5n(c2c1)c43. The van der Waals surface area contributed by atoms with E-state index in [1.807, 2.05) is 0 Å². The third-order valence-electron chi connectivity index (χ3n) is 5.11. The second kappa shape index (κ2) is 4.73. The Morgan fingerprint density at radius 1 is 0.739 bits per heavy atom. The van der Waals surface area contributed by atoms with Crippen molar-refractivity contribution in [3.05, 3.63) is 66.2 Å². The van der Waals surface area contributed by atoms with Gasteiger partial charge in [0.25, 0.3) is 0 Å². The average Bonchev–Trinajstić information content (AvgIpc) is 3.11. The summed E-state index contributed by atoms with van der Waals surface area (Å²) in [5.41, 5.74) is 5.49. The summed E-state index contributed by atoms with van der Waals surface area (Å²) in [6.45, 7) is 2.26. The number of rotatable bonds is 3. The van der Waals surface area contributed by atoms with Crippen molar-refractivity contribution in [2.24, 2.45) is 0 Å². The fourth-order valence-electron chi connectivity index (χ4n) is 4.01. The first-order valence-corrected chi connectivity index (χ1v) is 8.54.